The van der Waals surface area contributed by atoms with Gasteiger partial charge in [-0.25, -0.2) is 15.0 Å². The van der Waals surface area contributed by atoms with E-state index in [0.29, 0.717) is 19.1 Å². The maximum Gasteiger partial charge on any atom is 0.234 e. The molecule has 9 rings (SSSR count). The first-order valence-electron chi connectivity index (χ1n) is 13.3. The van der Waals surface area contributed by atoms with E-state index in [-0.39, 0.29) is 5.91 Å². The number of hydrogen-bond acceptors (Lipinski definition) is 8. The van der Waals surface area contributed by atoms with Crippen LogP contribution in [-0.4, -0.2) is 82.5 Å². The summed E-state index contributed by atoms with van der Waals surface area (Å²) in [6, 6.07) is 12.9. The standard InChI is InChI=1S/C28H34N8O/c37-27-20-35-13-11-34(12-14-35)19-21-3-1-4-24(15-21)33-26-16-22(6-8-29-26)23-17-31-28(32-18-23)36-10-2-5-25(36)7-9-30-27/h1,3-4,6,8,15-18,25H,2,5,7,9-14,19-20H2,(H,29,33)(H,30,37). The maximum absolute atomic E-state index is 12.6. The number of anilines is 3. The van der Waals surface area contributed by atoms with Crippen LogP contribution in [0.15, 0.2) is 55.0 Å². The molecule has 8 heterocycles. The average Bonchev–Trinajstić information content (AvgIpc) is 3.38. The van der Waals surface area contributed by atoms with Crippen LogP contribution in [0.1, 0.15) is 24.8 Å². The van der Waals surface area contributed by atoms with Crippen LogP contribution in [-0.2, 0) is 11.3 Å². The molecule has 2 aromatic heterocycles. The van der Waals surface area contributed by atoms with E-state index in [1.165, 1.54) is 5.56 Å². The summed E-state index contributed by atoms with van der Waals surface area (Å²) < 4.78 is 0. The molecule has 9 nitrogen and oxygen atoms in total. The molecular formula is C28H34N8O. The number of pyridine rings is 1. The number of nitrogens with zero attached hydrogens (tertiary/aromatic N) is 6. The largest absolute Gasteiger partial charge is 0.355 e. The summed E-state index contributed by atoms with van der Waals surface area (Å²) in [5.74, 6) is 1.67. The Hall–Kier alpha value is -3.56. The van der Waals surface area contributed by atoms with E-state index < -0.39 is 0 Å². The Kier molecular flexibility index (Phi) is 6.96. The Morgan fingerprint density at radius 1 is 0.838 bits per heavy atom. The number of carbonyl (C=O) groups excluding carboxylic acids is 1. The van der Waals surface area contributed by atoms with Crippen molar-refractivity contribution in [1.82, 2.24) is 30.1 Å². The summed E-state index contributed by atoms with van der Waals surface area (Å²) >= 11 is 0. The number of piperazine rings is 1. The van der Waals surface area contributed by atoms with Gasteiger partial charge < -0.3 is 15.5 Å². The average molecular weight is 499 g/mol. The van der Waals surface area contributed by atoms with Crippen LogP contribution in [0.5, 0.6) is 0 Å². The molecule has 0 spiro atoms. The maximum atomic E-state index is 12.6. The molecule has 0 radical (unpaired) electrons. The summed E-state index contributed by atoms with van der Waals surface area (Å²) in [6.07, 6.45) is 8.74. The van der Waals surface area contributed by atoms with Crippen molar-refractivity contribution in [2.75, 3.05) is 56.0 Å². The van der Waals surface area contributed by atoms with E-state index in [4.69, 9.17) is 9.97 Å². The third kappa shape index (κ3) is 5.73. The van der Waals surface area contributed by atoms with E-state index in [9.17, 15) is 4.79 Å². The Morgan fingerprint density at radius 2 is 1.65 bits per heavy atom. The molecule has 192 valence electrons. The summed E-state index contributed by atoms with van der Waals surface area (Å²) in [5, 5.41) is 6.61. The smallest absolute Gasteiger partial charge is 0.234 e. The molecule has 6 aliphatic heterocycles. The van der Waals surface area contributed by atoms with Crippen molar-refractivity contribution < 1.29 is 4.79 Å². The lowest BCUT2D eigenvalue weighted by Gasteiger charge is -2.34. The van der Waals surface area contributed by atoms with Gasteiger partial charge in [0.1, 0.15) is 5.82 Å². The number of aromatic nitrogens is 3. The van der Waals surface area contributed by atoms with Gasteiger partial charge in [-0.2, -0.15) is 0 Å². The van der Waals surface area contributed by atoms with Crippen molar-refractivity contribution in [3.8, 4) is 11.1 Å². The van der Waals surface area contributed by atoms with Gasteiger partial charge in [0, 0.05) is 81.7 Å². The summed E-state index contributed by atoms with van der Waals surface area (Å²) in [7, 11) is 0. The lowest BCUT2D eigenvalue weighted by atomic mass is 10.1. The second kappa shape index (κ2) is 10.8. The molecule has 9 heteroatoms. The van der Waals surface area contributed by atoms with Crippen LogP contribution < -0.4 is 15.5 Å². The van der Waals surface area contributed by atoms with Crippen molar-refractivity contribution >= 4 is 23.4 Å². The molecule has 8 bridgehead atoms. The van der Waals surface area contributed by atoms with Gasteiger partial charge in [-0.05, 0) is 54.7 Å². The molecule has 6 aliphatic rings. The summed E-state index contributed by atoms with van der Waals surface area (Å²) in [6.45, 7) is 6.73. The first-order valence-corrected chi connectivity index (χ1v) is 13.3. The van der Waals surface area contributed by atoms with Crippen LogP contribution in [0.4, 0.5) is 17.5 Å². The van der Waals surface area contributed by atoms with Gasteiger partial charge in [0.05, 0.1) is 6.54 Å². The van der Waals surface area contributed by atoms with E-state index in [1.807, 2.05) is 30.7 Å². The highest BCUT2D eigenvalue weighted by Gasteiger charge is 2.27. The first-order chi connectivity index (χ1) is 18.2. The van der Waals surface area contributed by atoms with E-state index in [0.717, 1.165) is 87.1 Å². The highest BCUT2D eigenvalue weighted by molar-refractivity contribution is 5.78. The quantitative estimate of drug-likeness (QED) is 0.489. The summed E-state index contributed by atoms with van der Waals surface area (Å²) in [4.78, 5) is 33.6. The van der Waals surface area contributed by atoms with Gasteiger partial charge in [0.15, 0.2) is 0 Å². The lowest BCUT2D eigenvalue weighted by Crippen LogP contribution is -2.49. The molecule has 2 N–H and O–H groups in total. The van der Waals surface area contributed by atoms with Gasteiger partial charge in [0.2, 0.25) is 11.9 Å². The number of rotatable bonds is 0. The van der Waals surface area contributed by atoms with Crippen LogP contribution >= 0.6 is 0 Å². The highest BCUT2D eigenvalue weighted by Crippen LogP contribution is 2.27. The second-order valence-corrected chi connectivity index (χ2v) is 10.2. The second-order valence-electron chi connectivity index (χ2n) is 10.2. The SMILES string of the molecule is O=C1CN2CCN(CC2)Cc2cccc(c2)Nc2cc(ccn2)-c2cnc(nc2)N2CCCC2CCN1. The van der Waals surface area contributed by atoms with Crippen molar-refractivity contribution in [3.63, 3.8) is 0 Å². The molecule has 2 fully saturated rings. The zero-order valence-corrected chi connectivity index (χ0v) is 21.1. The topological polar surface area (TPSA) is 89.5 Å². The molecule has 1 aromatic carbocycles. The van der Waals surface area contributed by atoms with Crippen molar-refractivity contribution in [1.29, 1.82) is 0 Å². The number of nitrogens with one attached hydrogen (secondary N) is 2. The predicted octanol–water partition coefficient (Wildman–Crippen LogP) is 2.89. The molecule has 37 heavy (non-hydrogen) atoms. The Bertz CT molecular complexity index is 1220. The van der Waals surface area contributed by atoms with Crippen LogP contribution in [0, 0.1) is 0 Å². The molecular weight excluding hydrogens is 464 g/mol. The number of carbonyl (C=O) groups is 1. The minimum Gasteiger partial charge on any atom is -0.355 e. The highest BCUT2D eigenvalue weighted by atomic mass is 16.2. The molecule has 1 amide bonds. The van der Waals surface area contributed by atoms with Gasteiger partial charge in [-0.3, -0.25) is 14.6 Å². The van der Waals surface area contributed by atoms with Crippen LogP contribution in [0.25, 0.3) is 11.1 Å². The predicted molar refractivity (Wildman–Crippen MR) is 145 cm³/mol. The first kappa shape index (κ1) is 23.8. The third-order valence-electron chi connectivity index (χ3n) is 7.60. The van der Waals surface area contributed by atoms with Crippen LogP contribution in [0.3, 0.4) is 0 Å². The number of amides is 1. The zero-order chi connectivity index (χ0) is 25.0. The Balaban J connectivity index is 1.26. The zero-order valence-electron chi connectivity index (χ0n) is 21.1. The summed E-state index contributed by atoms with van der Waals surface area (Å²) in [5.41, 5.74) is 4.26. The van der Waals surface area contributed by atoms with E-state index >= 15 is 0 Å². The molecule has 0 saturated carbocycles. The molecule has 3 aromatic rings. The molecule has 0 aliphatic carbocycles. The normalized spacial score (nSPS) is 24.3. The molecule has 2 saturated heterocycles. The minimum atomic E-state index is 0.117. The monoisotopic (exact) mass is 498 g/mol. The lowest BCUT2D eigenvalue weighted by molar-refractivity contribution is -0.122. The third-order valence-corrected chi connectivity index (χ3v) is 7.60. The molecule has 1 atom stereocenters. The van der Waals surface area contributed by atoms with E-state index in [2.05, 4.69) is 54.6 Å². The fraction of sp³-hybridized carbons (Fsp3) is 0.429. The van der Waals surface area contributed by atoms with Gasteiger partial charge >= 0.3 is 0 Å². The van der Waals surface area contributed by atoms with Crippen molar-refractivity contribution in [2.45, 2.75) is 31.8 Å². The number of benzene rings is 1. The van der Waals surface area contributed by atoms with Gasteiger partial charge in [0.25, 0.3) is 0 Å². The van der Waals surface area contributed by atoms with E-state index in [1.54, 1.807) is 0 Å². The van der Waals surface area contributed by atoms with Crippen molar-refractivity contribution in [2.24, 2.45) is 0 Å². The van der Waals surface area contributed by atoms with Crippen LogP contribution in [0.2, 0.25) is 0 Å². The minimum absolute atomic E-state index is 0.117. The fourth-order valence-corrected chi connectivity index (χ4v) is 5.59. The Labute approximate surface area is 217 Å². The number of hydrogen-bond donors (Lipinski definition) is 2. The Morgan fingerprint density at radius 3 is 2.49 bits per heavy atom. The fourth-order valence-electron chi connectivity index (χ4n) is 5.59. The van der Waals surface area contributed by atoms with Gasteiger partial charge in [-0.15, -0.1) is 0 Å². The van der Waals surface area contributed by atoms with Crippen molar-refractivity contribution in [3.05, 3.63) is 60.6 Å². The molecule has 1 unspecified atom stereocenters. The van der Waals surface area contributed by atoms with Gasteiger partial charge in [-0.1, -0.05) is 12.1 Å².